The molecule has 1 amide bonds. The number of carbonyl (C=O) groups is 1. The fourth-order valence-electron chi connectivity index (χ4n) is 5.69. The standard InChI is InChI=1S/C25H33N5O2S/c31-25(29-13-15-32-16-14-29)23-21-18-33-22-6-2-1-5-20(22)24(21)30(26-23)19-7-10-28(17-19)12-11-27-8-3-4-9-27/h1-2,5-6,19H,3-4,7-18H2. The van der Waals surface area contributed by atoms with E-state index in [0.29, 0.717) is 38.0 Å². The molecule has 0 bridgehead atoms. The van der Waals surface area contributed by atoms with Gasteiger partial charge in [-0.05, 0) is 38.4 Å². The summed E-state index contributed by atoms with van der Waals surface area (Å²) in [6.45, 7) is 9.46. The second-order valence-electron chi connectivity index (χ2n) is 9.60. The third-order valence-electron chi connectivity index (χ3n) is 7.55. The lowest BCUT2D eigenvalue weighted by molar-refractivity contribution is 0.0297. The molecule has 1 unspecified atom stereocenters. The van der Waals surface area contributed by atoms with Crippen LogP contribution < -0.4 is 0 Å². The van der Waals surface area contributed by atoms with Gasteiger partial charge >= 0.3 is 0 Å². The predicted molar refractivity (Wildman–Crippen MR) is 130 cm³/mol. The van der Waals surface area contributed by atoms with Crippen LogP contribution in [0.1, 0.15) is 41.4 Å². The van der Waals surface area contributed by atoms with Crippen LogP contribution in [-0.4, -0.2) is 96.0 Å². The number of hydrogen-bond acceptors (Lipinski definition) is 6. The summed E-state index contributed by atoms with van der Waals surface area (Å²) < 4.78 is 7.69. The molecule has 0 aliphatic carbocycles. The van der Waals surface area contributed by atoms with Crippen molar-refractivity contribution >= 4 is 17.7 Å². The van der Waals surface area contributed by atoms with Crippen molar-refractivity contribution in [1.29, 1.82) is 0 Å². The van der Waals surface area contributed by atoms with E-state index in [1.807, 2.05) is 16.7 Å². The molecule has 8 heteroatoms. The summed E-state index contributed by atoms with van der Waals surface area (Å²) in [5, 5.41) is 5.05. The van der Waals surface area contributed by atoms with Crippen molar-refractivity contribution in [2.45, 2.75) is 36.0 Å². The topological polar surface area (TPSA) is 53.8 Å². The molecule has 3 fully saturated rings. The van der Waals surface area contributed by atoms with Crippen LogP contribution in [0.15, 0.2) is 29.2 Å². The maximum Gasteiger partial charge on any atom is 0.274 e. The fourth-order valence-corrected chi connectivity index (χ4v) is 6.75. The fraction of sp³-hybridized carbons (Fsp3) is 0.600. The molecule has 1 atom stereocenters. The van der Waals surface area contributed by atoms with E-state index < -0.39 is 0 Å². The van der Waals surface area contributed by atoms with E-state index in [0.717, 1.165) is 37.4 Å². The van der Waals surface area contributed by atoms with Crippen molar-refractivity contribution in [2.75, 3.05) is 65.6 Å². The molecule has 6 rings (SSSR count). The van der Waals surface area contributed by atoms with E-state index >= 15 is 0 Å². The number of fused-ring (bicyclic) bond motifs is 3. The van der Waals surface area contributed by atoms with Crippen molar-refractivity contribution < 1.29 is 9.53 Å². The van der Waals surface area contributed by atoms with Gasteiger partial charge in [-0.25, -0.2) is 0 Å². The Kier molecular flexibility index (Phi) is 6.17. The minimum atomic E-state index is 0.0668. The van der Waals surface area contributed by atoms with E-state index in [9.17, 15) is 4.79 Å². The number of carbonyl (C=O) groups excluding carboxylic acids is 1. The zero-order valence-electron chi connectivity index (χ0n) is 19.2. The Morgan fingerprint density at radius 2 is 1.82 bits per heavy atom. The van der Waals surface area contributed by atoms with Crippen LogP contribution >= 0.6 is 11.8 Å². The molecule has 0 spiro atoms. The predicted octanol–water partition coefficient (Wildman–Crippen LogP) is 2.97. The van der Waals surface area contributed by atoms with E-state index in [-0.39, 0.29) is 5.91 Å². The molecular weight excluding hydrogens is 434 g/mol. The molecule has 7 nitrogen and oxygen atoms in total. The first-order valence-electron chi connectivity index (χ1n) is 12.4. The third-order valence-corrected chi connectivity index (χ3v) is 8.65. The summed E-state index contributed by atoms with van der Waals surface area (Å²) in [6.07, 6.45) is 3.79. The number of amides is 1. The van der Waals surface area contributed by atoms with Crippen LogP contribution in [0.5, 0.6) is 0 Å². The number of hydrogen-bond donors (Lipinski definition) is 0. The minimum Gasteiger partial charge on any atom is -0.378 e. The highest BCUT2D eigenvalue weighted by atomic mass is 32.2. The second kappa shape index (κ2) is 9.41. The van der Waals surface area contributed by atoms with Gasteiger partial charge in [0, 0.05) is 61.0 Å². The Morgan fingerprint density at radius 3 is 2.67 bits per heavy atom. The van der Waals surface area contributed by atoms with Gasteiger partial charge < -0.3 is 14.5 Å². The highest BCUT2D eigenvalue weighted by molar-refractivity contribution is 7.98. The SMILES string of the molecule is O=C(c1nn(C2CCN(CCN3CCCC3)C2)c2c1CSc1ccccc1-2)N1CCOCC1. The number of aromatic nitrogens is 2. The number of benzene rings is 1. The first kappa shape index (κ1) is 21.6. The average molecular weight is 468 g/mol. The summed E-state index contributed by atoms with van der Waals surface area (Å²) in [7, 11) is 0. The zero-order chi connectivity index (χ0) is 22.2. The van der Waals surface area contributed by atoms with Gasteiger partial charge in [-0.3, -0.25) is 14.4 Å². The molecule has 4 aliphatic rings. The van der Waals surface area contributed by atoms with Crippen molar-refractivity contribution in [2.24, 2.45) is 0 Å². The smallest absolute Gasteiger partial charge is 0.274 e. The van der Waals surface area contributed by atoms with Gasteiger partial charge in [0.2, 0.25) is 0 Å². The number of rotatable bonds is 5. The van der Waals surface area contributed by atoms with Crippen LogP contribution in [0.25, 0.3) is 11.3 Å². The molecule has 33 heavy (non-hydrogen) atoms. The minimum absolute atomic E-state index is 0.0668. The molecule has 0 N–H and O–H groups in total. The van der Waals surface area contributed by atoms with E-state index in [1.54, 1.807) is 0 Å². The number of nitrogens with zero attached hydrogens (tertiary/aromatic N) is 5. The second-order valence-corrected chi connectivity index (χ2v) is 10.6. The van der Waals surface area contributed by atoms with Gasteiger partial charge in [0.1, 0.15) is 0 Å². The Hall–Kier alpha value is -1.87. The maximum atomic E-state index is 13.5. The van der Waals surface area contributed by atoms with Crippen LogP contribution in [0, 0.1) is 0 Å². The van der Waals surface area contributed by atoms with Gasteiger partial charge in [0.25, 0.3) is 5.91 Å². The Morgan fingerprint density at radius 1 is 1.03 bits per heavy atom. The lowest BCUT2D eigenvalue weighted by Gasteiger charge is -2.26. The highest BCUT2D eigenvalue weighted by Crippen LogP contribution is 2.44. The quantitative estimate of drug-likeness (QED) is 0.674. The number of likely N-dealkylation sites (tertiary alicyclic amines) is 2. The van der Waals surface area contributed by atoms with E-state index in [2.05, 4.69) is 38.7 Å². The summed E-state index contributed by atoms with van der Waals surface area (Å²) >= 11 is 1.82. The summed E-state index contributed by atoms with van der Waals surface area (Å²) in [6, 6.07) is 8.92. The normalized spacial score (nSPS) is 23.6. The Balaban J connectivity index is 1.29. The molecule has 4 aliphatic heterocycles. The zero-order valence-corrected chi connectivity index (χ0v) is 20.1. The van der Waals surface area contributed by atoms with Gasteiger partial charge in [0.05, 0.1) is 24.9 Å². The summed E-state index contributed by atoms with van der Waals surface area (Å²) in [5.41, 5.74) is 4.18. The Bertz CT molecular complexity index is 1010. The maximum absolute atomic E-state index is 13.5. The van der Waals surface area contributed by atoms with Gasteiger partial charge in [-0.1, -0.05) is 18.2 Å². The van der Waals surface area contributed by atoms with Crippen molar-refractivity contribution in [3.63, 3.8) is 0 Å². The number of ether oxygens (including phenoxy) is 1. The van der Waals surface area contributed by atoms with Gasteiger partial charge in [-0.15, -0.1) is 11.8 Å². The van der Waals surface area contributed by atoms with Gasteiger partial charge in [0.15, 0.2) is 5.69 Å². The largest absolute Gasteiger partial charge is 0.378 e. The van der Waals surface area contributed by atoms with Crippen molar-refractivity contribution in [3.05, 3.63) is 35.5 Å². The lowest BCUT2D eigenvalue weighted by Crippen LogP contribution is -2.41. The molecule has 176 valence electrons. The van der Waals surface area contributed by atoms with Crippen LogP contribution in [0.4, 0.5) is 0 Å². The highest BCUT2D eigenvalue weighted by Gasteiger charge is 2.35. The number of thioether (sulfide) groups is 1. The molecule has 1 aromatic carbocycles. The average Bonchev–Trinajstić information content (AvgIpc) is 3.62. The number of morpholine rings is 1. The summed E-state index contributed by atoms with van der Waals surface area (Å²) in [4.78, 5) is 21.9. The molecule has 2 aromatic rings. The molecule has 1 aromatic heterocycles. The first-order valence-corrected chi connectivity index (χ1v) is 13.4. The van der Waals surface area contributed by atoms with Gasteiger partial charge in [-0.2, -0.15) is 5.10 Å². The molecular formula is C25H33N5O2S. The Labute approximate surface area is 200 Å². The molecule has 5 heterocycles. The van der Waals surface area contributed by atoms with E-state index in [4.69, 9.17) is 9.84 Å². The van der Waals surface area contributed by atoms with Crippen molar-refractivity contribution in [3.8, 4) is 11.3 Å². The third kappa shape index (κ3) is 4.22. The lowest BCUT2D eigenvalue weighted by atomic mass is 10.0. The molecule has 3 saturated heterocycles. The summed E-state index contributed by atoms with van der Waals surface area (Å²) in [5.74, 6) is 0.876. The first-order chi connectivity index (χ1) is 16.3. The van der Waals surface area contributed by atoms with Crippen LogP contribution in [0.2, 0.25) is 0 Å². The molecule has 0 saturated carbocycles. The molecule has 0 radical (unpaired) electrons. The van der Waals surface area contributed by atoms with Crippen molar-refractivity contribution in [1.82, 2.24) is 24.5 Å². The van der Waals surface area contributed by atoms with Crippen LogP contribution in [0.3, 0.4) is 0 Å². The van der Waals surface area contributed by atoms with Crippen LogP contribution in [-0.2, 0) is 10.5 Å². The monoisotopic (exact) mass is 467 g/mol. The van der Waals surface area contributed by atoms with E-state index in [1.165, 1.54) is 48.6 Å².